The molecule has 114 valence electrons. The third kappa shape index (κ3) is 3.27. The van der Waals surface area contributed by atoms with Crippen LogP contribution in [0.25, 0.3) is 0 Å². The van der Waals surface area contributed by atoms with Gasteiger partial charge in [0, 0.05) is 30.9 Å². The normalized spacial score (nSPS) is 17.5. The minimum atomic E-state index is 0.0136. The first kappa shape index (κ1) is 14.6. The zero-order chi connectivity index (χ0) is 15.5. The van der Waals surface area contributed by atoms with E-state index in [4.69, 9.17) is 0 Å². The van der Waals surface area contributed by atoms with Gasteiger partial charge in [-0.2, -0.15) is 0 Å². The number of pyridine rings is 1. The highest BCUT2D eigenvalue weighted by Crippen LogP contribution is 2.18. The molecule has 1 aliphatic rings. The van der Waals surface area contributed by atoms with Crippen molar-refractivity contribution in [3.05, 3.63) is 59.3 Å². The van der Waals surface area contributed by atoms with Crippen LogP contribution in [0.1, 0.15) is 27.9 Å². The maximum atomic E-state index is 12.4. The highest BCUT2D eigenvalue weighted by Gasteiger charge is 2.25. The van der Waals surface area contributed by atoms with E-state index in [1.165, 1.54) is 0 Å². The SMILES string of the molecule is Cc1cc(C)cc(C(=O)NC2CCN(c3ccccn3)C2)c1. The molecule has 1 atom stereocenters. The van der Waals surface area contributed by atoms with Gasteiger partial charge in [-0.15, -0.1) is 0 Å². The van der Waals surface area contributed by atoms with Gasteiger partial charge in [0.05, 0.1) is 0 Å². The number of aryl methyl sites for hydroxylation is 2. The minimum Gasteiger partial charge on any atom is -0.354 e. The van der Waals surface area contributed by atoms with Gasteiger partial charge in [-0.25, -0.2) is 4.98 Å². The second-order valence-corrected chi connectivity index (χ2v) is 5.97. The van der Waals surface area contributed by atoms with E-state index in [-0.39, 0.29) is 11.9 Å². The van der Waals surface area contributed by atoms with Crippen LogP contribution in [0.4, 0.5) is 5.82 Å². The topological polar surface area (TPSA) is 45.2 Å². The summed E-state index contributed by atoms with van der Waals surface area (Å²) < 4.78 is 0. The lowest BCUT2D eigenvalue weighted by Crippen LogP contribution is -2.37. The quantitative estimate of drug-likeness (QED) is 0.947. The Hall–Kier alpha value is -2.36. The number of anilines is 1. The van der Waals surface area contributed by atoms with Crippen LogP contribution in [0.3, 0.4) is 0 Å². The van der Waals surface area contributed by atoms with Crippen LogP contribution in [0, 0.1) is 13.8 Å². The van der Waals surface area contributed by atoms with E-state index >= 15 is 0 Å². The lowest BCUT2D eigenvalue weighted by Gasteiger charge is -2.18. The fourth-order valence-corrected chi connectivity index (χ4v) is 3.00. The van der Waals surface area contributed by atoms with Gasteiger partial charge in [0.2, 0.25) is 0 Å². The third-order valence-corrected chi connectivity index (χ3v) is 3.98. The van der Waals surface area contributed by atoms with Gasteiger partial charge in [-0.05, 0) is 44.5 Å². The molecule has 4 nitrogen and oxygen atoms in total. The molecule has 3 rings (SSSR count). The Balaban J connectivity index is 1.63. The van der Waals surface area contributed by atoms with Gasteiger partial charge in [-0.3, -0.25) is 4.79 Å². The Morgan fingerprint density at radius 3 is 2.68 bits per heavy atom. The average molecular weight is 295 g/mol. The van der Waals surface area contributed by atoms with E-state index in [1.807, 2.05) is 44.2 Å². The second-order valence-electron chi connectivity index (χ2n) is 5.97. The summed E-state index contributed by atoms with van der Waals surface area (Å²) >= 11 is 0. The molecule has 0 saturated carbocycles. The van der Waals surface area contributed by atoms with Crippen molar-refractivity contribution in [2.45, 2.75) is 26.3 Å². The summed E-state index contributed by atoms with van der Waals surface area (Å²) in [5.74, 6) is 0.991. The number of nitrogens with zero attached hydrogens (tertiary/aromatic N) is 2. The zero-order valence-corrected chi connectivity index (χ0v) is 13.0. The molecule has 0 radical (unpaired) electrons. The number of rotatable bonds is 3. The molecule has 1 N–H and O–H groups in total. The average Bonchev–Trinajstić information content (AvgIpc) is 2.95. The number of carbonyl (C=O) groups is 1. The lowest BCUT2D eigenvalue weighted by atomic mass is 10.1. The van der Waals surface area contributed by atoms with Gasteiger partial charge in [0.15, 0.2) is 0 Å². The van der Waals surface area contributed by atoms with E-state index in [0.29, 0.717) is 0 Å². The maximum absolute atomic E-state index is 12.4. The molecule has 1 fully saturated rings. The lowest BCUT2D eigenvalue weighted by molar-refractivity contribution is 0.0940. The minimum absolute atomic E-state index is 0.0136. The van der Waals surface area contributed by atoms with E-state index < -0.39 is 0 Å². The van der Waals surface area contributed by atoms with Crippen LogP contribution in [-0.2, 0) is 0 Å². The molecule has 2 heterocycles. The highest BCUT2D eigenvalue weighted by molar-refractivity contribution is 5.94. The summed E-state index contributed by atoms with van der Waals surface area (Å²) in [4.78, 5) is 19.0. The third-order valence-electron chi connectivity index (χ3n) is 3.98. The molecule has 0 aliphatic carbocycles. The summed E-state index contributed by atoms with van der Waals surface area (Å²) in [6.07, 6.45) is 2.75. The predicted molar refractivity (Wildman–Crippen MR) is 88.2 cm³/mol. The first-order chi connectivity index (χ1) is 10.6. The van der Waals surface area contributed by atoms with Crippen LogP contribution in [0.15, 0.2) is 42.6 Å². The molecule has 1 aliphatic heterocycles. The van der Waals surface area contributed by atoms with E-state index in [2.05, 4.69) is 21.3 Å². The first-order valence-electron chi connectivity index (χ1n) is 7.67. The second kappa shape index (κ2) is 6.18. The monoisotopic (exact) mass is 295 g/mol. The number of aromatic nitrogens is 1. The number of hydrogen-bond donors (Lipinski definition) is 1. The molecule has 22 heavy (non-hydrogen) atoms. The number of nitrogens with one attached hydrogen (secondary N) is 1. The largest absolute Gasteiger partial charge is 0.354 e. The number of amides is 1. The van der Waals surface area contributed by atoms with E-state index in [0.717, 1.165) is 42.0 Å². The van der Waals surface area contributed by atoms with Crippen LogP contribution in [-0.4, -0.2) is 30.0 Å². The summed E-state index contributed by atoms with van der Waals surface area (Å²) in [5, 5.41) is 3.14. The predicted octanol–water partition coefficient (Wildman–Crippen LogP) is 2.71. The highest BCUT2D eigenvalue weighted by atomic mass is 16.1. The molecule has 4 heteroatoms. The zero-order valence-electron chi connectivity index (χ0n) is 13.0. The fourth-order valence-electron chi connectivity index (χ4n) is 3.00. The van der Waals surface area contributed by atoms with Gasteiger partial charge in [0.1, 0.15) is 5.82 Å². The summed E-state index contributed by atoms with van der Waals surface area (Å²) in [6.45, 7) is 5.77. The Morgan fingerprint density at radius 2 is 2.00 bits per heavy atom. The van der Waals surface area contributed by atoms with Crippen molar-refractivity contribution in [2.24, 2.45) is 0 Å². The number of hydrogen-bond acceptors (Lipinski definition) is 3. The van der Waals surface area contributed by atoms with E-state index in [9.17, 15) is 4.79 Å². The molecule has 1 saturated heterocycles. The molecule has 1 aromatic heterocycles. The van der Waals surface area contributed by atoms with Crippen LogP contribution >= 0.6 is 0 Å². The van der Waals surface area contributed by atoms with Crippen molar-refractivity contribution < 1.29 is 4.79 Å². The molecule has 0 bridgehead atoms. The molecule has 1 unspecified atom stereocenters. The first-order valence-corrected chi connectivity index (χ1v) is 7.67. The van der Waals surface area contributed by atoms with Gasteiger partial charge in [0.25, 0.3) is 5.91 Å². The fraction of sp³-hybridized carbons (Fsp3) is 0.333. The van der Waals surface area contributed by atoms with Crippen molar-refractivity contribution in [1.82, 2.24) is 10.3 Å². The van der Waals surface area contributed by atoms with Gasteiger partial charge < -0.3 is 10.2 Å². The van der Waals surface area contributed by atoms with Gasteiger partial charge in [-0.1, -0.05) is 23.3 Å². The maximum Gasteiger partial charge on any atom is 0.251 e. The van der Waals surface area contributed by atoms with E-state index in [1.54, 1.807) is 6.20 Å². The molecular formula is C18H21N3O. The molecule has 1 aromatic carbocycles. The Labute approximate surface area is 131 Å². The van der Waals surface area contributed by atoms with Crippen LogP contribution < -0.4 is 10.2 Å². The Bertz CT molecular complexity index is 649. The summed E-state index contributed by atoms with van der Waals surface area (Å²) in [5.41, 5.74) is 2.98. The Morgan fingerprint density at radius 1 is 1.23 bits per heavy atom. The van der Waals surface area contributed by atoms with Gasteiger partial charge >= 0.3 is 0 Å². The number of benzene rings is 1. The number of carbonyl (C=O) groups excluding carboxylic acids is 1. The van der Waals surface area contributed by atoms with Crippen molar-refractivity contribution in [2.75, 3.05) is 18.0 Å². The smallest absolute Gasteiger partial charge is 0.251 e. The van der Waals surface area contributed by atoms with Crippen molar-refractivity contribution >= 4 is 11.7 Å². The molecular weight excluding hydrogens is 274 g/mol. The standard InChI is InChI=1S/C18H21N3O/c1-13-9-14(2)11-15(10-13)18(22)20-16-6-8-21(12-16)17-5-3-4-7-19-17/h3-5,7,9-11,16H,6,8,12H2,1-2H3,(H,20,22). The van der Waals surface area contributed by atoms with Crippen molar-refractivity contribution in [3.8, 4) is 0 Å². The summed E-state index contributed by atoms with van der Waals surface area (Å²) in [7, 11) is 0. The Kier molecular flexibility index (Phi) is 4.09. The van der Waals surface area contributed by atoms with Crippen LogP contribution in [0.5, 0.6) is 0 Å². The van der Waals surface area contributed by atoms with Crippen molar-refractivity contribution in [1.29, 1.82) is 0 Å². The van der Waals surface area contributed by atoms with Crippen LogP contribution in [0.2, 0.25) is 0 Å². The molecule has 0 spiro atoms. The molecule has 1 amide bonds. The summed E-state index contributed by atoms with van der Waals surface area (Å²) in [6, 6.07) is 12.0. The molecule has 2 aromatic rings. The van der Waals surface area contributed by atoms with Crippen molar-refractivity contribution in [3.63, 3.8) is 0 Å².